The molecular weight excluding hydrogens is 322 g/mol. The maximum absolute atomic E-state index is 11.3. The van der Waals surface area contributed by atoms with E-state index in [1.165, 1.54) is 10.4 Å². The van der Waals surface area contributed by atoms with Crippen LogP contribution in [0.3, 0.4) is 0 Å². The van der Waals surface area contributed by atoms with Gasteiger partial charge in [-0.25, -0.2) is 4.98 Å². The second kappa shape index (κ2) is 7.42. The average Bonchev–Trinajstić information content (AvgIpc) is 3.03. The van der Waals surface area contributed by atoms with Crippen molar-refractivity contribution in [1.82, 2.24) is 9.88 Å². The standard InChI is InChI=1S/C18H23N3O2S/c1-12(2)13-3-5-14(6-4-13)18-20-9-15(24-18)10-21-7-8-23-16(11-21)17(19)22/h3-6,9,12,16H,7-8,10-11H2,1-2H3,(H2,19,22)/t16-/m0/s1. The Bertz CT molecular complexity index is 697. The molecule has 1 atom stereocenters. The first-order valence-corrected chi connectivity index (χ1v) is 9.03. The van der Waals surface area contributed by atoms with Gasteiger partial charge >= 0.3 is 0 Å². The first-order chi connectivity index (χ1) is 11.5. The second-order valence-electron chi connectivity index (χ2n) is 6.41. The van der Waals surface area contributed by atoms with Crippen molar-refractivity contribution in [3.63, 3.8) is 0 Å². The van der Waals surface area contributed by atoms with Crippen molar-refractivity contribution in [1.29, 1.82) is 0 Å². The molecule has 0 saturated carbocycles. The molecule has 1 amide bonds. The van der Waals surface area contributed by atoms with Crippen LogP contribution in [0.25, 0.3) is 10.6 Å². The third kappa shape index (κ3) is 4.01. The first-order valence-electron chi connectivity index (χ1n) is 8.21. The molecular formula is C18H23N3O2S. The summed E-state index contributed by atoms with van der Waals surface area (Å²) in [5.41, 5.74) is 7.82. The summed E-state index contributed by atoms with van der Waals surface area (Å²) < 4.78 is 5.38. The first kappa shape index (κ1) is 17.1. The van der Waals surface area contributed by atoms with Crippen LogP contribution in [0, 0.1) is 0 Å². The molecule has 1 aromatic carbocycles. The lowest BCUT2D eigenvalue weighted by Crippen LogP contribution is -2.47. The van der Waals surface area contributed by atoms with Crippen LogP contribution in [0.4, 0.5) is 0 Å². The van der Waals surface area contributed by atoms with E-state index >= 15 is 0 Å². The molecule has 0 radical (unpaired) electrons. The number of nitrogens with zero attached hydrogens (tertiary/aromatic N) is 2. The summed E-state index contributed by atoms with van der Waals surface area (Å²) in [5, 5.41) is 1.03. The molecule has 6 heteroatoms. The van der Waals surface area contributed by atoms with Crippen molar-refractivity contribution in [2.24, 2.45) is 5.73 Å². The number of primary amides is 1. The maximum atomic E-state index is 11.3. The maximum Gasteiger partial charge on any atom is 0.247 e. The van der Waals surface area contributed by atoms with E-state index < -0.39 is 12.0 Å². The Morgan fingerprint density at radius 1 is 1.42 bits per heavy atom. The molecule has 24 heavy (non-hydrogen) atoms. The van der Waals surface area contributed by atoms with E-state index in [2.05, 4.69) is 48.0 Å². The van der Waals surface area contributed by atoms with Crippen LogP contribution in [0.15, 0.2) is 30.5 Å². The zero-order valence-electron chi connectivity index (χ0n) is 14.1. The fourth-order valence-electron chi connectivity index (χ4n) is 2.76. The number of rotatable bonds is 5. The molecule has 128 valence electrons. The molecule has 5 nitrogen and oxygen atoms in total. The molecule has 2 heterocycles. The predicted molar refractivity (Wildman–Crippen MR) is 95.9 cm³/mol. The van der Waals surface area contributed by atoms with Crippen LogP contribution in [0.1, 0.15) is 30.2 Å². The molecule has 0 aliphatic carbocycles. The summed E-state index contributed by atoms with van der Waals surface area (Å²) in [5.74, 6) is 0.139. The Kier molecular flexibility index (Phi) is 5.28. The molecule has 1 aliphatic rings. The highest BCUT2D eigenvalue weighted by molar-refractivity contribution is 7.15. The number of nitrogens with two attached hydrogens (primary N) is 1. The molecule has 0 bridgehead atoms. The number of amides is 1. The smallest absolute Gasteiger partial charge is 0.247 e. The number of thiazole rings is 1. The van der Waals surface area contributed by atoms with E-state index in [9.17, 15) is 4.79 Å². The number of morpholine rings is 1. The van der Waals surface area contributed by atoms with E-state index in [0.717, 1.165) is 23.7 Å². The molecule has 0 unspecified atom stereocenters. The van der Waals surface area contributed by atoms with E-state index in [4.69, 9.17) is 10.5 Å². The number of carbonyl (C=O) groups is 1. The molecule has 1 fully saturated rings. The van der Waals surface area contributed by atoms with Crippen molar-refractivity contribution >= 4 is 17.2 Å². The molecule has 1 aliphatic heterocycles. The predicted octanol–water partition coefficient (Wildman–Crippen LogP) is 2.62. The van der Waals surface area contributed by atoms with Crippen LogP contribution < -0.4 is 5.73 Å². The van der Waals surface area contributed by atoms with Gasteiger partial charge in [-0.3, -0.25) is 9.69 Å². The van der Waals surface area contributed by atoms with E-state index in [1.54, 1.807) is 11.3 Å². The topological polar surface area (TPSA) is 68.5 Å². The zero-order valence-corrected chi connectivity index (χ0v) is 14.9. The summed E-state index contributed by atoms with van der Waals surface area (Å²) in [6, 6.07) is 8.60. The molecule has 0 spiro atoms. The number of hydrogen-bond acceptors (Lipinski definition) is 5. The Hall–Kier alpha value is -1.76. The number of hydrogen-bond donors (Lipinski definition) is 1. The van der Waals surface area contributed by atoms with Gasteiger partial charge < -0.3 is 10.5 Å². The van der Waals surface area contributed by atoms with Crippen LogP contribution in [-0.2, 0) is 16.1 Å². The normalized spacial score (nSPS) is 18.9. The third-order valence-corrected chi connectivity index (χ3v) is 5.26. The van der Waals surface area contributed by atoms with Gasteiger partial charge in [0.05, 0.1) is 6.61 Å². The van der Waals surface area contributed by atoms with Gasteiger partial charge in [0, 0.05) is 36.3 Å². The minimum atomic E-state index is -0.505. The molecule has 2 N–H and O–H groups in total. The van der Waals surface area contributed by atoms with Gasteiger partial charge in [0.2, 0.25) is 5.91 Å². The summed E-state index contributed by atoms with van der Waals surface area (Å²) in [7, 11) is 0. The van der Waals surface area contributed by atoms with Gasteiger partial charge in [0.15, 0.2) is 0 Å². The van der Waals surface area contributed by atoms with Gasteiger partial charge in [-0.15, -0.1) is 11.3 Å². The van der Waals surface area contributed by atoms with E-state index in [1.807, 2.05) is 6.20 Å². The summed E-state index contributed by atoms with van der Waals surface area (Å²) in [6.45, 7) is 7.05. The second-order valence-corrected chi connectivity index (χ2v) is 7.52. The monoisotopic (exact) mass is 345 g/mol. The van der Waals surface area contributed by atoms with Crippen LogP contribution in [0.2, 0.25) is 0 Å². The van der Waals surface area contributed by atoms with Gasteiger partial charge in [0.25, 0.3) is 0 Å². The minimum Gasteiger partial charge on any atom is -0.367 e. The third-order valence-electron chi connectivity index (χ3n) is 4.23. The van der Waals surface area contributed by atoms with Gasteiger partial charge in [-0.2, -0.15) is 0 Å². The molecule has 1 aromatic heterocycles. The summed E-state index contributed by atoms with van der Waals surface area (Å²) in [6.07, 6.45) is 1.42. The van der Waals surface area contributed by atoms with E-state index in [0.29, 0.717) is 19.1 Å². The van der Waals surface area contributed by atoms with Crippen molar-refractivity contribution in [3.8, 4) is 10.6 Å². The lowest BCUT2D eigenvalue weighted by atomic mass is 10.0. The molecule has 1 saturated heterocycles. The SMILES string of the molecule is CC(C)c1ccc(-c2ncc(CN3CCO[C@H](C(N)=O)C3)s2)cc1. The molecule has 3 rings (SSSR count). The minimum absolute atomic E-state index is 0.394. The van der Waals surface area contributed by atoms with Gasteiger partial charge in [0.1, 0.15) is 11.1 Å². The van der Waals surface area contributed by atoms with Crippen LogP contribution >= 0.6 is 11.3 Å². The van der Waals surface area contributed by atoms with Crippen molar-refractivity contribution in [3.05, 3.63) is 40.9 Å². The lowest BCUT2D eigenvalue weighted by Gasteiger charge is -2.30. The Balaban J connectivity index is 1.66. The Labute approximate surface area is 146 Å². The van der Waals surface area contributed by atoms with Crippen LogP contribution in [0.5, 0.6) is 0 Å². The number of ether oxygens (including phenoxy) is 1. The Morgan fingerprint density at radius 3 is 2.83 bits per heavy atom. The Morgan fingerprint density at radius 2 is 2.17 bits per heavy atom. The highest BCUT2D eigenvalue weighted by atomic mass is 32.1. The fourth-order valence-corrected chi connectivity index (χ4v) is 3.72. The van der Waals surface area contributed by atoms with Crippen molar-refractivity contribution < 1.29 is 9.53 Å². The summed E-state index contributed by atoms with van der Waals surface area (Å²) in [4.78, 5) is 19.2. The van der Waals surface area contributed by atoms with Crippen molar-refractivity contribution in [2.45, 2.75) is 32.4 Å². The number of benzene rings is 1. The average molecular weight is 345 g/mol. The van der Waals surface area contributed by atoms with Crippen LogP contribution in [-0.4, -0.2) is 41.6 Å². The highest BCUT2D eigenvalue weighted by Gasteiger charge is 2.25. The number of carbonyl (C=O) groups excluding carboxylic acids is 1. The van der Waals surface area contributed by atoms with Gasteiger partial charge in [-0.1, -0.05) is 38.1 Å². The summed E-state index contributed by atoms with van der Waals surface area (Å²) >= 11 is 1.69. The zero-order chi connectivity index (χ0) is 17.1. The van der Waals surface area contributed by atoms with Gasteiger partial charge in [-0.05, 0) is 11.5 Å². The van der Waals surface area contributed by atoms with E-state index in [-0.39, 0.29) is 0 Å². The number of aromatic nitrogens is 1. The quantitative estimate of drug-likeness (QED) is 0.904. The molecule has 2 aromatic rings. The van der Waals surface area contributed by atoms with Crippen molar-refractivity contribution in [2.75, 3.05) is 19.7 Å². The largest absolute Gasteiger partial charge is 0.367 e. The fraction of sp³-hybridized carbons (Fsp3) is 0.444. The highest BCUT2D eigenvalue weighted by Crippen LogP contribution is 2.27. The lowest BCUT2D eigenvalue weighted by molar-refractivity contribution is -0.135.